The molecule has 168 valence electrons. The van der Waals surface area contributed by atoms with Gasteiger partial charge in [-0.2, -0.15) is 0 Å². The molecule has 4 nitrogen and oxygen atoms in total. The van der Waals surface area contributed by atoms with Crippen LogP contribution in [-0.2, 0) is 14.3 Å². The number of carbonyl (C=O) groups is 2. The first-order valence-corrected chi connectivity index (χ1v) is 11.9. The molecule has 0 aromatic carbocycles. The maximum Gasteiger partial charge on any atom is 0.335 e. The summed E-state index contributed by atoms with van der Waals surface area (Å²) >= 11 is 0. The van der Waals surface area contributed by atoms with Crippen LogP contribution in [0.4, 0.5) is 0 Å². The summed E-state index contributed by atoms with van der Waals surface area (Å²) in [7, 11) is 0. The molecule has 4 heteroatoms. The molecule has 0 bridgehead atoms. The standard InChI is InChI=1S/C25H44O4/c1-5-7-8-9-10-11-12-15-20-17-18-22(26)21(20)16-13-14-19-25(3,4)23(27)24(28)29-6-2/h14,19-21,23,27H,5-13,15-18H2,1-4H3/t20-,21+,23?/m0/s1. The van der Waals surface area contributed by atoms with Gasteiger partial charge in [0.15, 0.2) is 6.10 Å². The van der Waals surface area contributed by atoms with Gasteiger partial charge in [0.25, 0.3) is 0 Å². The van der Waals surface area contributed by atoms with Crippen LogP contribution in [0.25, 0.3) is 0 Å². The normalized spacial score (nSPS) is 21.1. The smallest absolute Gasteiger partial charge is 0.335 e. The summed E-state index contributed by atoms with van der Waals surface area (Å²) in [4.78, 5) is 24.1. The number of carbonyl (C=O) groups excluding carboxylic acids is 2. The summed E-state index contributed by atoms with van der Waals surface area (Å²) in [5, 5.41) is 10.2. The molecule has 0 heterocycles. The molecule has 1 aliphatic carbocycles. The molecule has 0 aromatic rings. The van der Waals surface area contributed by atoms with Gasteiger partial charge >= 0.3 is 5.97 Å². The number of allylic oxidation sites excluding steroid dienone is 1. The summed E-state index contributed by atoms with van der Waals surface area (Å²) in [5.41, 5.74) is -0.677. The maximum atomic E-state index is 12.3. The summed E-state index contributed by atoms with van der Waals surface area (Å²) in [6.07, 6.45) is 16.6. The SMILES string of the molecule is CCCCCCCCC[C@H]1CCC(=O)[C@@H]1CCC=CC(C)(C)C(O)C(=O)OCC. The number of rotatable bonds is 15. The quantitative estimate of drug-likeness (QED) is 0.205. The van der Waals surface area contributed by atoms with Crippen LogP contribution < -0.4 is 0 Å². The molecule has 1 saturated carbocycles. The summed E-state index contributed by atoms with van der Waals surface area (Å²) in [6, 6.07) is 0. The zero-order valence-corrected chi connectivity index (χ0v) is 19.3. The fourth-order valence-corrected chi connectivity index (χ4v) is 4.36. The number of unbranched alkanes of at least 4 members (excludes halogenated alkanes) is 6. The Morgan fingerprint density at radius 2 is 1.79 bits per heavy atom. The Morgan fingerprint density at radius 1 is 1.14 bits per heavy atom. The Morgan fingerprint density at radius 3 is 2.45 bits per heavy atom. The Kier molecular flexibility index (Phi) is 12.4. The highest BCUT2D eigenvalue weighted by Crippen LogP contribution is 2.36. The molecule has 0 amide bonds. The van der Waals surface area contributed by atoms with Gasteiger partial charge in [-0.15, -0.1) is 0 Å². The first-order chi connectivity index (χ1) is 13.8. The number of esters is 1. The van der Waals surface area contributed by atoms with Gasteiger partial charge in [0.1, 0.15) is 5.78 Å². The first-order valence-electron chi connectivity index (χ1n) is 11.9. The average Bonchev–Trinajstić information content (AvgIpc) is 3.03. The van der Waals surface area contributed by atoms with Crippen molar-refractivity contribution in [2.75, 3.05) is 6.61 Å². The van der Waals surface area contributed by atoms with Crippen LogP contribution in [0.2, 0.25) is 0 Å². The van der Waals surface area contributed by atoms with Crippen LogP contribution in [0.3, 0.4) is 0 Å². The molecule has 1 aliphatic rings. The van der Waals surface area contributed by atoms with E-state index in [1.165, 1.54) is 51.4 Å². The molecule has 29 heavy (non-hydrogen) atoms. The van der Waals surface area contributed by atoms with Crippen molar-refractivity contribution in [1.29, 1.82) is 0 Å². The van der Waals surface area contributed by atoms with E-state index in [-0.39, 0.29) is 12.5 Å². The third-order valence-corrected chi connectivity index (χ3v) is 6.33. The van der Waals surface area contributed by atoms with E-state index in [0.29, 0.717) is 11.7 Å². The van der Waals surface area contributed by atoms with E-state index in [1.807, 2.05) is 26.0 Å². The monoisotopic (exact) mass is 408 g/mol. The number of aliphatic hydroxyl groups excluding tert-OH is 1. The molecule has 0 aliphatic heterocycles. The van der Waals surface area contributed by atoms with Crippen LogP contribution >= 0.6 is 0 Å². The number of aliphatic hydroxyl groups is 1. The fraction of sp³-hybridized carbons (Fsp3) is 0.840. The minimum absolute atomic E-state index is 0.192. The Hall–Kier alpha value is -1.16. The second-order valence-corrected chi connectivity index (χ2v) is 9.24. The molecule has 0 radical (unpaired) electrons. The van der Waals surface area contributed by atoms with Crippen molar-refractivity contribution in [2.24, 2.45) is 17.3 Å². The zero-order chi connectivity index (χ0) is 21.7. The highest BCUT2D eigenvalue weighted by molar-refractivity contribution is 5.83. The molecule has 0 spiro atoms. The molecule has 1 N–H and O–H groups in total. The number of hydrogen-bond donors (Lipinski definition) is 1. The molecule has 1 unspecified atom stereocenters. The average molecular weight is 409 g/mol. The van der Waals surface area contributed by atoms with Crippen LogP contribution in [0.1, 0.15) is 105 Å². The molecule has 1 fully saturated rings. The topological polar surface area (TPSA) is 63.6 Å². The third-order valence-electron chi connectivity index (χ3n) is 6.33. The van der Waals surface area contributed by atoms with Crippen LogP contribution in [0.5, 0.6) is 0 Å². The van der Waals surface area contributed by atoms with E-state index >= 15 is 0 Å². The molecular formula is C25H44O4. The van der Waals surface area contributed by atoms with E-state index in [0.717, 1.165) is 25.7 Å². The lowest BCUT2D eigenvalue weighted by molar-refractivity contribution is -0.157. The number of Topliss-reactive ketones (excluding diaryl/α,β-unsaturated/α-hetero) is 1. The maximum absolute atomic E-state index is 12.3. The number of hydrogen-bond acceptors (Lipinski definition) is 4. The lowest BCUT2D eigenvalue weighted by Crippen LogP contribution is -2.36. The van der Waals surface area contributed by atoms with E-state index in [1.54, 1.807) is 6.92 Å². The van der Waals surface area contributed by atoms with E-state index in [9.17, 15) is 14.7 Å². The van der Waals surface area contributed by atoms with Crippen molar-refractivity contribution in [3.63, 3.8) is 0 Å². The van der Waals surface area contributed by atoms with Crippen molar-refractivity contribution in [3.05, 3.63) is 12.2 Å². The molecule has 0 saturated heterocycles. The van der Waals surface area contributed by atoms with Gasteiger partial charge in [0, 0.05) is 17.8 Å². The lowest BCUT2D eigenvalue weighted by atomic mass is 9.84. The van der Waals surface area contributed by atoms with Crippen LogP contribution in [-0.4, -0.2) is 29.6 Å². The van der Waals surface area contributed by atoms with Crippen molar-refractivity contribution in [3.8, 4) is 0 Å². The van der Waals surface area contributed by atoms with Gasteiger partial charge in [-0.3, -0.25) is 4.79 Å². The Bertz CT molecular complexity index is 509. The second kappa shape index (κ2) is 14.0. The molecular weight excluding hydrogens is 364 g/mol. The minimum Gasteiger partial charge on any atom is -0.464 e. The summed E-state index contributed by atoms with van der Waals surface area (Å²) in [6.45, 7) is 7.90. The second-order valence-electron chi connectivity index (χ2n) is 9.24. The highest BCUT2D eigenvalue weighted by Gasteiger charge is 2.34. The first kappa shape index (κ1) is 25.9. The molecule has 1 rings (SSSR count). The minimum atomic E-state index is -1.17. The van der Waals surface area contributed by atoms with E-state index in [2.05, 4.69) is 6.92 Å². The van der Waals surface area contributed by atoms with Crippen LogP contribution in [0, 0.1) is 17.3 Å². The Labute approximate surface area is 178 Å². The predicted octanol–water partition coefficient (Wildman–Crippen LogP) is 6.01. The molecule has 3 atom stereocenters. The largest absolute Gasteiger partial charge is 0.464 e. The van der Waals surface area contributed by atoms with Gasteiger partial charge in [-0.1, -0.05) is 77.9 Å². The van der Waals surface area contributed by atoms with Gasteiger partial charge in [0.2, 0.25) is 0 Å². The van der Waals surface area contributed by atoms with Gasteiger partial charge < -0.3 is 9.84 Å². The Balaban J connectivity index is 2.37. The zero-order valence-electron chi connectivity index (χ0n) is 19.3. The van der Waals surface area contributed by atoms with E-state index in [4.69, 9.17) is 4.74 Å². The van der Waals surface area contributed by atoms with Gasteiger partial charge in [-0.05, 0) is 38.5 Å². The van der Waals surface area contributed by atoms with Crippen molar-refractivity contribution in [2.45, 2.75) is 111 Å². The molecule has 0 aromatic heterocycles. The fourth-order valence-electron chi connectivity index (χ4n) is 4.36. The van der Waals surface area contributed by atoms with Crippen molar-refractivity contribution < 1.29 is 19.4 Å². The third kappa shape index (κ3) is 9.46. The van der Waals surface area contributed by atoms with Gasteiger partial charge in [0.05, 0.1) is 6.61 Å². The van der Waals surface area contributed by atoms with E-state index < -0.39 is 17.5 Å². The summed E-state index contributed by atoms with van der Waals surface area (Å²) in [5.74, 6) is 0.586. The summed E-state index contributed by atoms with van der Waals surface area (Å²) < 4.78 is 4.91. The van der Waals surface area contributed by atoms with Gasteiger partial charge in [-0.25, -0.2) is 4.79 Å². The lowest BCUT2D eigenvalue weighted by Gasteiger charge is -2.25. The van der Waals surface area contributed by atoms with Crippen LogP contribution in [0.15, 0.2) is 12.2 Å². The number of ketones is 1. The highest BCUT2D eigenvalue weighted by atomic mass is 16.5. The van der Waals surface area contributed by atoms with Crippen molar-refractivity contribution in [1.82, 2.24) is 0 Å². The van der Waals surface area contributed by atoms with Crippen molar-refractivity contribution >= 4 is 11.8 Å². The number of ether oxygens (including phenoxy) is 1. The predicted molar refractivity (Wildman–Crippen MR) is 119 cm³/mol.